The van der Waals surface area contributed by atoms with Gasteiger partial charge < -0.3 is 4.90 Å². The van der Waals surface area contributed by atoms with E-state index in [0.717, 1.165) is 29.1 Å². The van der Waals surface area contributed by atoms with Crippen molar-refractivity contribution in [1.29, 1.82) is 5.26 Å². The maximum absolute atomic E-state index is 12.8. The Bertz CT molecular complexity index is 811. The van der Waals surface area contributed by atoms with Crippen LogP contribution in [0.3, 0.4) is 0 Å². The van der Waals surface area contributed by atoms with Gasteiger partial charge in [-0.05, 0) is 25.0 Å². The molecule has 0 bridgehead atoms. The molecule has 28 heavy (non-hydrogen) atoms. The number of carbonyl (C=O) groups is 4. The molecule has 0 aromatic heterocycles. The van der Waals surface area contributed by atoms with Gasteiger partial charge in [-0.2, -0.15) is 5.26 Å². The lowest BCUT2D eigenvalue weighted by Crippen LogP contribution is -2.45. The molecule has 1 aliphatic heterocycles. The third kappa shape index (κ3) is 3.88. The van der Waals surface area contributed by atoms with Gasteiger partial charge in [0.05, 0.1) is 12.5 Å². The van der Waals surface area contributed by atoms with Crippen molar-refractivity contribution in [2.75, 3.05) is 18.0 Å². The molecule has 146 valence electrons. The lowest BCUT2D eigenvalue weighted by Gasteiger charge is -2.29. The molecule has 0 spiro atoms. The summed E-state index contributed by atoms with van der Waals surface area (Å²) in [5.41, 5.74) is 0.567. The molecule has 1 saturated carbocycles. The normalized spacial score (nSPS) is 17.8. The number of hydrogen-bond donors (Lipinski definition) is 0. The molecule has 1 aromatic carbocycles. The first kappa shape index (κ1) is 19.5. The van der Waals surface area contributed by atoms with Crippen LogP contribution in [0, 0.1) is 11.3 Å². The number of para-hydroxylation sites is 1. The van der Waals surface area contributed by atoms with Gasteiger partial charge >= 0.3 is 17.8 Å². The van der Waals surface area contributed by atoms with Gasteiger partial charge in [0.2, 0.25) is 5.91 Å². The number of nitriles is 1. The summed E-state index contributed by atoms with van der Waals surface area (Å²) in [6.07, 6.45) is 4.34. The van der Waals surface area contributed by atoms with Crippen molar-refractivity contribution in [1.82, 2.24) is 9.80 Å². The molecule has 2 aliphatic rings. The average Bonchev–Trinajstić information content (AvgIpc) is 2.93. The average molecular weight is 382 g/mol. The van der Waals surface area contributed by atoms with Crippen LogP contribution < -0.4 is 4.90 Å². The Morgan fingerprint density at radius 3 is 2.39 bits per heavy atom. The smallest absolute Gasteiger partial charge is 0.310 e. The molecule has 0 N–H and O–H groups in total. The molecular formula is C20H22N4O4. The van der Waals surface area contributed by atoms with E-state index in [4.69, 9.17) is 5.26 Å². The predicted molar refractivity (Wildman–Crippen MR) is 99.9 cm³/mol. The molecule has 0 radical (unpaired) electrons. The monoisotopic (exact) mass is 382 g/mol. The summed E-state index contributed by atoms with van der Waals surface area (Å²) in [5.74, 6) is -2.33. The van der Waals surface area contributed by atoms with E-state index in [1.165, 1.54) is 4.90 Å². The van der Waals surface area contributed by atoms with Gasteiger partial charge in [-0.3, -0.25) is 19.3 Å². The van der Waals surface area contributed by atoms with Crippen molar-refractivity contribution in [3.8, 4) is 6.07 Å². The number of anilines is 1. The zero-order valence-electron chi connectivity index (χ0n) is 15.5. The summed E-state index contributed by atoms with van der Waals surface area (Å²) in [6, 6.07) is 9.71. The number of urea groups is 1. The highest BCUT2D eigenvalue weighted by Crippen LogP contribution is 2.27. The van der Waals surface area contributed by atoms with E-state index in [2.05, 4.69) is 0 Å². The minimum atomic E-state index is -0.961. The highest BCUT2D eigenvalue weighted by atomic mass is 16.2. The van der Waals surface area contributed by atoms with Crippen LogP contribution in [0.2, 0.25) is 0 Å². The van der Waals surface area contributed by atoms with Crippen molar-refractivity contribution in [3.05, 3.63) is 30.3 Å². The first-order valence-electron chi connectivity index (χ1n) is 9.46. The van der Waals surface area contributed by atoms with Gasteiger partial charge in [0.25, 0.3) is 0 Å². The Labute approximate surface area is 163 Å². The van der Waals surface area contributed by atoms with Gasteiger partial charge in [-0.25, -0.2) is 9.69 Å². The Hall–Kier alpha value is -3.21. The summed E-state index contributed by atoms with van der Waals surface area (Å²) < 4.78 is 0. The Kier molecular flexibility index (Phi) is 6.04. The highest BCUT2D eigenvalue weighted by molar-refractivity contribution is 6.45. The van der Waals surface area contributed by atoms with Gasteiger partial charge in [-0.15, -0.1) is 0 Å². The molecular weight excluding hydrogens is 360 g/mol. The van der Waals surface area contributed by atoms with E-state index in [0.29, 0.717) is 18.5 Å². The van der Waals surface area contributed by atoms with Crippen molar-refractivity contribution < 1.29 is 19.2 Å². The third-order valence-electron chi connectivity index (χ3n) is 5.13. The first-order chi connectivity index (χ1) is 13.5. The van der Waals surface area contributed by atoms with E-state index < -0.39 is 30.3 Å². The topological polar surface area (TPSA) is 102 Å². The number of nitrogens with zero attached hydrogens (tertiary/aromatic N) is 4. The molecule has 1 saturated heterocycles. The number of hydrogen-bond acceptors (Lipinski definition) is 5. The standard InChI is InChI=1S/C20H22N4O4/c21-12-7-13-22(15-8-3-1-4-9-15)17(25)14-23-18(26)19(27)24(20(23)28)16-10-5-2-6-11-16/h1,3-4,8-9,16H,2,5-7,10-11,13-14H2. The van der Waals surface area contributed by atoms with Crippen LogP contribution in [0.1, 0.15) is 38.5 Å². The largest absolute Gasteiger partial charge is 0.334 e. The maximum atomic E-state index is 12.8. The van der Waals surface area contributed by atoms with Crippen LogP contribution in [0.5, 0.6) is 0 Å². The fourth-order valence-electron chi connectivity index (χ4n) is 3.71. The van der Waals surface area contributed by atoms with Crippen molar-refractivity contribution in [2.24, 2.45) is 0 Å². The minimum Gasteiger partial charge on any atom is -0.310 e. The molecule has 8 heteroatoms. The lowest BCUT2D eigenvalue weighted by molar-refractivity contribution is -0.144. The van der Waals surface area contributed by atoms with E-state index in [1.807, 2.05) is 6.07 Å². The van der Waals surface area contributed by atoms with Crippen molar-refractivity contribution in [2.45, 2.75) is 44.6 Å². The van der Waals surface area contributed by atoms with Crippen LogP contribution in [-0.4, -0.2) is 52.7 Å². The Balaban J connectivity index is 1.76. The fourth-order valence-corrected chi connectivity index (χ4v) is 3.71. The lowest BCUT2D eigenvalue weighted by atomic mass is 9.94. The van der Waals surface area contributed by atoms with E-state index in [-0.39, 0.29) is 19.0 Å². The maximum Gasteiger partial charge on any atom is 0.334 e. The number of carbonyl (C=O) groups excluding carboxylic acids is 4. The van der Waals surface area contributed by atoms with Gasteiger partial charge in [0.1, 0.15) is 6.54 Å². The molecule has 2 fully saturated rings. The summed E-state index contributed by atoms with van der Waals surface area (Å²) >= 11 is 0. The Morgan fingerprint density at radius 1 is 1.07 bits per heavy atom. The molecule has 0 unspecified atom stereocenters. The third-order valence-corrected chi connectivity index (χ3v) is 5.13. The fraction of sp³-hybridized carbons (Fsp3) is 0.450. The van der Waals surface area contributed by atoms with Crippen LogP contribution in [0.4, 0.5) is 10.5 Å². The van der Waals surface area contributed by atoms with Gasteiger partial charge in [0.15, 0.2) is 0 Å². The van der Waals surface area contributed by atoms with Crippen molar-refractivity contribution >= 4 is 29.4 Å². The molecule has 1 aromatic rings. The number of imide groups is 2. The van der Waals surface area contributed by atoms with Gasteiger partial charge in [-0.1, -0.05) is 37.5 Å². The molecule has 3 rings (SSSR count). The van der Waals surface area contributed by atoms with Crippen LogP contribution in [0.25, 0.3) is 0 Å². The van der Waals surface area contributed by atoms with E-state index in [1.54, 1.807) is 30.3 Å². The number of amides is 5. The molecule has 8 nitrogen and oxygen atoms in total. The zero-order chi connectivity index (χ0) is 20.1. The Morgan fingerprint density at radius 2 is 1.75 bits per heavy atom. The van der Waals surface area contributed by atoms with Crippen LogP contribution >= 0.6 is 0 Å². The summed E-state index contributed by atoms with van der Waals surface area (Å²) in [7, 11) is 0. The zero-order valence-corrected chi connectivity index (χ0v) is 15.5. The summed E-state index contributed by atoms with van der Waals surface area (Å²) in [4.78, 5) is 53.4. The summed E-state index contributed by atoms with van der Waals surface area (Å²) in [6.45, 7) is -0.386. The quantitative estimate of drug-likeness (QED) is 0.553. The van der Waals surface area contributed by atoms with E-state index in [9.17, 15) is 19.2 Å². The number of benzene rings is 1. The second-order valence-corrected chi connectivity index (χ2v) is 6.93. The van der Waals surface area contributed by atoms with Gasteiger partial charge in [0, 0.05) is 18.3 Å². The molecule has 0 atom stereocenters. The van der Waals surface area contributed by atoms with E-state index >= 15 is 0 Å². The summed E-state index contributed by atoms with van der Waals surface area (Å²) in [5, 5.41) is 8.87. The molecule has 1 aliphatic carbocycles. The molecule has 1 heterocycles. The second-order valence-electron chi connectivity index (χ2n) is 6.93. The van der Waals surface area contributed by atoms with Crippen molar-refractivity contribution in [3.63, 3.8) is 0 Å². The predicted octanol–water partition coefficient (Wildman–Crippen LogP) is 2.06. The SMILES string of the molecule is N#CCCN(C(=O)CN1C(=O)C(=O)N(C2CCCCC2)C1=O)c1ccccc1. The minimum absolute atomic E-state index is 0.107. The van der Waals surface area contributed by atoms with Crippen LogP contribution in [-0.2, 0) is 14.4 Å². The molecule has 5 amide bonds. The van der Waals surface area contributed by atoms with Crippen LogP contribution in [0.15, 0.2) is 30.3 Å². The first-order valence-corrected chi connectivity index (χ1v) is 9.46. The highest BCUT2D eigenvalue weighted by Gasteiger charge is 2.48. The second kappa shape index (κ2) is 8.65. The number of rotatable bonds is 6.